The van der Waals surface area contributed by atoms with Gasteiger partial charge in [0.25, 0.3) is 0 Å². The van der Waals surface area contributed by atoms with E-state index in [4.69, 9.17) is 5.73 Å². The monoisotopic (exact) mass is 254 g/mol. The highest BCUT2D eigenvalue weighted by molar-refractivity contribution is 9.10. The molecule has 0 amide bonds. The zero-order chi connectivity index (χ0) is 9.26. The number of nitrogen functional groups attached to an aromatic ring is 1. The molecule has 0 atom stereocenters. The van der Waals surface area contributed by atoms with Crippen LogP contribution in [0, 0.1) is 0 Å². The summed E-state index contributed by atoms with van der Waals surface area (Å²) in [7, 11) is 0. The first-order valence-electron chi connectivity index (χ1n) is 3.71. The van der Waals surface area contributed by atoms with Gasteiger partial charge in [0.05, 0.1) is 11.4 Å². The third-order valence-corrected chi connectivity index (χ3v) is 3.41. The van der Waals surface area contributed by atoms with Crippen LogP contribution in [-0.4, -0.2) is 4.98 Å². The fourth-order valence-electron chi connectivity index (χ4n) is 1.09. The Morgan fingerprint density at radius 2 is 2.23 bits per heavy atom. The van der Waals surface area contributed by atoms with Crippen LogP contribution in [0.5, 0.6) is 0 Å². The average Bonchev–Trinajstić information content (AvgIpc) is 2.52. The standard InChI is InChI=1S/C9H7BrN2S/c10-7-5-13-4-6(7)9-8(11)2-1-3-12-9/h1-5H,11H2. The summed E-state index contributed by atoms with van der Waals surface area (Å²) in [5.74, 6) is 0. The third-order valence-electron chi connectivity index (χ3n) is 1.71. The van der Waals surface area contributed by atoms with E-state index < -0.39 is 0 Å². The summed E-state index contributed by atoms with van der Waals surface area (Å²) in [5, 5.41) is 4.05. The molecule has 0 radical (unpaired) electrons. The number of rotatable bonds is 1. The Morgan fingerprint density at radius 1 is 1.38 bits per heavy atom. The van der Waals surface area contributed by atoms with Crippen molar-refractivity contribution in [1.82, 2.24) is 4.98 Å². The van der Waals surface area contributed by atoms with Crippen LogP contribution in [0.4, 0.5) is 5.69 Å². The van der Waals surface area contributed by atoms with E-state index in [1.54, 1.807) is 17.5 Å². The number of pyridine rings is 1. The lowest BCUT2D eigenvalue weighted by molar-refractivity contribution is 1.33. The molecule has 2 nitrogen and oxygen atoms in total. The van der Waals surface area contributed by atoms with Gasteiger partial charge in [-0.2, -0.15) is 11.3 Å². The molecule has 0 bridgehead atoms. The third kappa shape index (κ3) is 1.59. The predicted octanol–water partition coefficient (Wildman–Crippen LogP) is 3.15. The van der Waals surface area contributed by atoms with Crippen LogP contribution in [0.15, 0.2) is 33.6 Å². The minimum Gasteiger partial charge on any atom is -0.397 e. The van der Waals surface area contributed by atoms with E-state index in [1.807, 2.05) is 22.9 Å². The van der Waals surface area contributed by atoms with E-state index in [-0.39, 0.29) is 0 Å². The Kier molecular flexibility index (Phi) is 2.33. The Hall–Kier alpha value is -0.870. The molecule has 2 rings (SSSR count). The number of hydrogen-bond donors (Lipinski definition) is 1. The molecule has 2 aromatic heterocycles. The maximum absolute atomic E-state index is 5.80. The van der Waals surface area contributed by atoms with E-state index in [9.17, 15) is 0 Å². The predicted molar refractivity (Wildman–Crippen MR) is 59.7 cm³/mol. The molecule has 13 heavy (non-hydrogen) atoms. The largest absolute Gasteiger partial charge is 0.397 e. The lowest BCUT2D eigenvalue weighted by atomic mass is 10.2. The van der Waals surface area contributed by atoms with Crippen molar-refractivity contribution >= 4 is 33.0 Å². The Morgan fingerprint density at radius 3 is 2.85 bits per heavy atom. The highest BCUT2D eigenvalue weighted by Crippen LogP contribution is 2.32. The number of aromatic nitrogens is 1. The number of halogens is 1. The van der Waals surface area contributed by atoms with Gasteiger partial charge in [-0.25, -0.2) is 0 Å². The van der Waals surface area contributed by atoms with E-state index in [0.29, 0.717) is 5.69 Å². The molecule has 0 saturated heterocycles. The fraction of sp³-hybridized carbons (Fsp3) is 0. The topological polar surface area (TPSA) is 38.9 Å². The van der Waals surface area contributed by atoms with Crippen molar-refractivity contribution in [2.45, 2.75) is 0 Å². The van der Waals surface area contributed by atoms with Crippen molar-refractivity contribution in [3.8, 4) is 11.3 Å². The van der Waals surface area contributed by atoms with Gasteiger partial charge in [-0.3, -0.25) is 4.98 Å². The van der Waals surface area contributed by atoms with Crippen molar-refractivity contribution in [3.63, 3.8) is 0 Å². The zero-order valence-corrected chi connectivity index (χ0v) is 9.10. The van der Waals surface area contributed by atoms with Crippen LogP contribution in [0.1, 0.15) is 0 Å². The second-order valence-electron chi connectivity index (χ2n) is 2.57. The Bertz CT molecular complexity index is 425. The lowest BCUT2D eigenvalue weighted by Crippen LogP contribution is -1.91. The SMILES string of the molecule is Nc1cccnc1-c1cscc1Br. The summed E-state index contributed by atoms with van der Waals surface area (Å²) >= 11 is 5.08. The van der Waals surface area contributed by atoms with E-state index in [2.05, 4.69) is 20.9 Å². The van der Waals surface area contributed by atoms with Crippen molar-refractivity contribution in [2.75, 3.05) is 5.73 Å². The van der Waals surface area contributed by atoms with Gasteiger partial charge in [-0.05, 0) is 28.1 Å². The minimum absolute atomic E-state index is 0.710. The zero-order valence-electron chi connectivity index (χ0n) is 6.70. The molecule has 0 fully saturated rings. The van der Waals surface area contributed by atoms with Gasteiger partial charge in [0.2, 0.25) is 0 Å². The van der Waals surface area contributed by atoms with Crippen molar-refractivity contribution in [3.05, 3.63) is 33.6 Å². The van der Waals surface area contributed by atoms with Gasteiger partial charge < -0.3 is 5.73 Å². The van der Waals surface area contributed by atoms with Crippen molar-refractivity contribution in [1.29, 1.82) is 0 Å². The van der Waals surface area contributed by atoms with Gasteiger partial charge in [0, 0.05) is 27.0 Å². The number of thiophene rings is 1. The quantitative estimate of drug-likeness (QED) is 0.850. The second kappa shape index (κ2) is 3.47. The van der Waals surface area contributed by atoms with Gasteiger partial charge in [-0.15, -0.1) is 0 Å². The van der Waals surface area contributed by atoms with Crippen molar-refractivity contribution in [2.24, 2.45) is 0 Å². The van der Waals surface area contributed by atoms with Gasteiger partial charge >= 0.3 is 0 Å². The van der Waals surface area contributed by atoms with E-state index in [0.717, 1.165) is 15.7 Å². The molecule has 0 aromatic carbocycles. The van der Waals surface area contributed by atoms with E-state index in [1.165, 1.54) is 0 Å². The Labute approximate surface area is 88.6 Å². The van der Waals surface area contributed by atoms with Crippen LogP contribution >= 0.6 is 27.3 Å². The first-order chi connectivity index (χ1) is 6.29. The molecule has 4 heteroatoms. The molecule has 2 aromatic rings. The second-order valence-corrected chi connectivity index (χ2v) is 4.17. The number of anilines is 1. The lowest BCUT2D eigenvalue weighted by Gasteiger charge is -2.01. The molecule has 66 valence electrons. The molecule has 2 N–H and O–H groups in total. The molecule has 0 aliphatic carbocycles. The summed E-state index contributed by atoms with van der Waals surface area (Å²) in [4.78, 5) is 4.23. The first kappa shape index (κ1) is 8.72. The van der Waals surface area contributed by atoms with Gasteiger partial charge in [0.1, 0.15) is 0 Å². The maximum Gasteiger partial charge on any atom is 0.0950 e. The summed E-state index contributed by atoms with van der Waals surface area (Å²) in [5.41, 5.74) is 8.41. The van der Waals surface area contributed by atoms with Crippen LogP contribution in [0.3, 0.4) is 0 Å². The Balaban J connectivity index is 2.59. The molecule has 0 aliphatic heterocycles. The number of nitrogens with zero attached hydrogens (tertiary/aromatic N) is 1. The van der Waals surface area contributed by atoms with Crippen LogP contribution in [0.25, 0.3) is 11.3 Å². The highest BCUT2D eigenvalue weighted by atomic mass is 79.9. The summed E-state index contributed by atoms with van der Waals surface area (Å²) in [6, 6.07) is 3.69. The average molecular weight is 255 g/mol. The van der Waals surface area contributed by atoms with Crippen LogP contribution < -0.4 is 5.73 Å². The summed E-state index contributed by atoms with van der Waals surface area (Å²) in [6.45, 7) is 0. The normalized spacial score (nSPS) is 10.2. The number of nitrogens with two attached hydrogens (primary N) is 1. The van der Waals surface area contributed by atoms with E-state index >= 15 is 0 Å². The maximum atomic E-state index is 5.80. The highest BCUT2D eigenvalue weighted by Gasteiger charge is 2.07. The molecule has 0 saturated carbocycles. The molecular formula is C9H7BrN2S. The molecule has 0 spiro atoms. The fourth-order valence-corrected chi connectivity index (χ4v) is 2.56. The van der Waals surface area contributed by atoms with Gasteiger partial charge in [0.15, 0.2) is 0 Å². The number of hydrogen-bond acceptors (Lipinski definition) is 3. The molecule has 0 aliphatic rings. The molecule has 2 heterocycles. The smallest absolute Gasteiger partial charge is 0.0950 e. The summed E-state index contributed by atoms with van der Waals surface area (Å²) < 4.78 is 1.04. The molecular weight excluding hydrogens is 248 g/mol. The summed E-state index contributed by atoms with van der Waals surface area (Å²) in [6.07, 6.45) is 1.75. The van der Waals surface area contributed by atoms with Gasteiger partial charge in [-0.1, -0.05) is 0 Å². The minimum atomic E-state index is 0.710. The van der Waals surface area contributed by atoms with Crippen molar-refractivity contribution < 1.29 is 0 Å². The van der Waals surface area contributed by atoms with Crippen LogP contribution in [-0.2, 0) is 0 Å². The van der Waals surface area contributed by atoms with Crippen LogP contribution in [0.2, 0.25) is 0 Å². The molecule has 0 unspecified atom stereocenters. The first-order valence-corrected chi connectivity index (χ1v) is 5.45.